The first-order valence-corrected chi connectivity index (χ1v) is 14.0. The van der Waals surface area contributed by atoms with Gasteiger partial charge in [-0.05, 0) is 55.0 Å². The zero-order valence-electron chi connectivity index (χ0n) is 21.1. The Labute approximate surface area is 224 Å². The average Bonchev–Trinajstić information content (AvgIpc) is 3.61. The zero-order valence-corrected chi connectivity index (χ0v) is 22.0. The number of morpholine rings is 1. The third-order valence-electron chi connectivity index (χ3n) is 7.38. The van der Waals surface area contributed by atoms with E-state index in [0.717, 1.165) is 35.3 Å². The van der Waals surface area contributed by atoms with Crippen LogP contribution in [-0.4, -0.2) is 62.7 Å². The van der Waals surface area contributed by atoms with Crippen LogP contribution >= 0.6 is 11.8 Å². The fourth-order valence-electron chi connectivity index (χ4n) is 5.22. The summed E-state index contributed by atoms with van der Waals surface area (Å²) in [5.41, 5.74) is 0.787. The molecule has 2 amide bonds. The predicted octanol–water partition coefficient (Wildman–Crippen LogP) is 4.93. The van der Waals surface area contributed by atoms with Gasteiger partial charge >= 0.3 is 6.18 Å². The lowest BCUT2D eigenvalue weighted by Gasteiger charge is -2.30. The molecular weight excluding hydrogens is 515 g/mol. The largest absolute Gasteiger partial charge is 0.417 e. The molecule has 6 nitrogen and oxygen atoms in total. The molecule has 38 heavy (non-hydrogen) atoms. The summed E-state index contributed by atoms with van der Waals surface area (Å²) < 4.78 is 47.8. The fourth-order valence-corrected chi connectivity index (χ4v) is 6.33. The Morgan fingerprint density at radius 3 is 2.61 bits per heavy atom. The molecule has 1 saturated carbocycles. The summed E-state index contributed by atoms with van der Waals surface area (Å²) in [7, 11) is 0. The number of nitrogens with one attached hydrogen (secondary N) is 1. The number of ether oxygens (including phenoxy) is 1. The second kappa shape index (κ2) is 11.6. The molecule has 2 aromatic rings. The minimum absolute atomic E-state index is 0.130. The number of nitrogens with zero attached hydrogens (tertiary/aromatic N) is 2. The van der Waals surface area contributed by atoms with E-state index in [2.05, 4.69) is 10.2 Å². The molecule has 3 aliphatic rings. The Morgan fingerprint density at radius 1 is 1.08 bits per heavy atom. The molecule has 1 N–H and O–H groups in total. The SMILES string of the molecule is O=C(NCCCN1CCCC1=O)[C@@H]1C[C@H]1c1ccc(Sc2ccccc2N2CCOCC2)c(C(F)(F)F)c1. The normalized spacial score (nSPS) is 21.6. The Morgan fingerprint density at radius 2 is 1.87 bits per heavy atom. The molecule has 0 spiro atoms. The van der Waals surface area contributed by atoms with Gasteiger partial charge in [0.25, 0.3) is 0 Å². The third kappa shape index (κ3) is 6.29. The highest BCUT2D eigenvalue weighted by molar-refractivity contribution is 7.99. The van der Waals surface area contributed by atoms with E-state index < -0.39 is 11.7 Å². The minimum Gasteiger partial charge on any atom is -0.378 e. The number of benzene rings is 2. The highest BCUT2D eigenvalue weighted by atomic mass is 32.2. The van der Waals surface area contributed by atoms with Gasteiger partial charge in [0.1, 0.15) is 0 Å². The van der Waals surface area contributed by atoms with Crippen LogP contribution in [0.15, 0.2) is 52.3 Å². The lowest BCUT2D eigenvalue weighted by atomic mass is 10.0. The molecule has 2 atom stereocenters. The van der Waals surface area contributed by atoms with Crippen molar-refractivity contribution >= 4 is 29.3 Å². The summed E-state index contributed by atoms with van der Waals surface area (Å²) in [6.07, 6.45) is -1.82. The molecule has 2 aliphatic heterocycles. The number of likely N-dealkylation sites (tertiary alicyclic amines) is 1. The Balaban J connectivity index is 1.23. The van der Waals surface area contributed by atoms with Gasteiger partial charge in [0, 0.05) is 54.9 Å². The van der Waals surface area contributed by atoms with Crippen molar-refractivity contribution in [2.75, 3.05) is 50.8 Å². The predicted molar refractivity (Wildman–Crippen MR) is 139 cm³/mol. The van der Waals surface area contributed by atoms with Gasteiger partial charge in [-0.25, -0.2) is 0 Å². The number of halogens is 3. The summed E-state index contributed by atoms with van der Waals surface area (Å²) in [6.45, 7) is 4.43. The van der Waals surface area contributed by atoms with Crippen LogP contribution in [0.1, 0.15) is 42.7 Å². The van der Waals surface area contributed by atoms with Crippen molar-refractivity contribution in [1.29, 1.82) is 0 Å². The number of rotatable bonds is 9. The van der Waals surface area contributed by atoms with E-state index in [-0.39, 0.29) is 28.5 Å². The molecule has 5 rings (SSSR count). The first-order chi connectivity index (χ1) is 18.3. The topological polar surface area (TPSA) is 61.9 Å². The van der Waals surface area contributed by atoms with Crippen LogP contribution in [0.25, 0.3) is 0 Å². The molecule has 0 bridgehead atoms. The Kier molecular flexibility index (Phi) is 8.18. The smallest absolute Gasteiger partial charge is 0.378 e. The molecule has 2 saturated heterocycles. The molecule has 2 aromatic carbocycles. The highest BCUT2D eigenvalue weighted by Gasteiger charge is 2.45. The van der Waals surface area contributed by atoms with Crippen LogP contribution in [-0.2, 0) is 20.5 Å². The van der Waals surface area contributed by atoms with Crippen molar-refractivity contribution in [2.45, 2.75) is 47.6 Å². The number of carbonyl (C=O) groups excluding carboxylic acids is 2. The van der Waals surface area contributed by atoms with Gasteiger partial charge in [-0.2, -0.15) is 13.2 Å². The quantitative estimate of drug-likeness (QED) is 0.452. The van der Waals surface area contributed by atoms with Crippen molar-refractivity contribution < 1.29 is 27.5 Å². The van der Waals surface area contributed by atoms with Crippen LogP contribution < -0.4 is 10.2 Å². The maximum atomic E-state index is 14.1. The summed E-state index contributed by atoms with van der Waals surface area (Å²) >= 11 is 1.12. The van der Waals surface area contributed by atoms with Crippen LogP contribution in [0.5, 0.6) is 0 Å². The molecule has 10 heteroatoms. The second-order valence-electron chi connectivity index (χ2n) is 10.0. The summed E-state index contributed by atoms with van der Waals surface area (Å²) in [5, 5.41) is 2.89. The van der Waals surface area contributed by atoms with E-state index in [1.807, 2.05) is 29.2 Å². The number of hydrogen-bond acceptors (Lipinski definition) is 5. The average molecular weight is 548 g/mol. The zero-order chi connectivity index (χ0) is 26.7. The van der Waals surface area contributed by atoms with Crippen molar-refractivity contribution in [2.24, 2.45) is 5.92 Å². The van der Waals surface area contributed by atoms with Gasteiger partial charge < -0.3 is 19.9 Å². The lowest BCUT2D eigenvalue weighted by molar-refractivity contribution is -0.139. The number of amides is 2. The van der Waals surface area contributed by atoms with Gasteiger partial charge in [-0.1, -0.05) is 30.0 Å². The van der Waals surface area contributed by atoms with Crippen molar-refractivity contribution in [1.82, 2.24) is 10.2 Å². The number of hydrogen-bond donors (Lipinski definition) is 1. The fraction of sp³-hybridized carbons (Fsp3) is 0.500. The summed E-state index contributed by atoms with van der Waals surface area (Å²) in [6, 6.07) is 12.0. The van der Waals surface area contributed by atoms with Crippen molar-refractivity contribution in [3.8, 4) is 0 Å². The van der Waals surface area contributed by atoms with Gasteiger partial charge in [-0.15, -0.1) is 0 Å². The first kappa shape index (κ1) is 26.9. The first-order valence-electron chi connectivity index (χ1n) is 13.2. The molecule has 2 heterocycles. The monoisotopic (exact) mass is 547 g/mol. The molecule has 204 valence electrons. The van der Waals surface area contributed by atoms with E-state index in [9.17, 15) is 22.8 Å². The van der Waals surface area contributed by atoms with E-state index in [1.54, 1.807) is 12.1 Å². The third-order valence-corrected chi connectivity index (χ3v) is 8.52. The molecule has 0 unspecified atom stereocenters. The summed E-state index contributed by atoms with van der Waals surface area (Å²) in [4.78, 5) is 29.2. The molecule has 0 radical (unpaired) electrons. The van der Waals surface area contributed by atoms with Gasteiger partial charge in [-0.3, -0.25) is 9.59 Å². The molecule has 3 fully saturated rings. The minimum atomic E-state index is -4.51. The van der Waals surface area contributed by atoms with Crippen LogP contribution in [0.3, 0.4) is 0 Å². The van der Waals surface area contributed by atoms with Gasteiger partial charge in [0.2, 0.25) is 11.8 Å². The van der Waals surface area contributed by atoms with E-state index in [1.165, 1.54) is 6.07 Å². The maximum absolute atomic E-state index is 14.1. The molecule has 1 aliphatic carbocycles. The van der Waals surface area contributed by atoms with Crippen molar-refractivity contribution in [3.05, 3.63) is 53.6 Å². The van der Waals surface area contributed by atoms with Gasteiger partial charge in [0.05, 0.1) is 24.5 Å². The Bertz CT molecular complexity index is 1170. The van der Waals surface area contributed by atoms with Crippen LogP contribution in [0, 0.1) is 5.92 Å². The standard InChI is InChI=1S/C28H32F3N3O3S/c29-28(30,31)22-17-19(20-18-21(20)27(36)32-10-4-12-34-11-3-7-26(34)35)8-9-24(22)38-25-6-2-1-5-23(25)33-13-15-37-16-14-33/h1-2,5-6,8-9,17,20-21H,3-4,7,10-16,18H2,(H,32,36)/t20-,21+/m0/s1. The highest BCUT2D eigenvalue weighted by Crippen LogP contribution is 2.50. The van der Waals surface area contributed by atoms with Crippen LogP contribution in [0.4, 0.5) is 18.9 Å². The number of alkyl halides is 3. The number of para-hydroxylation sites is 1. The second-order valence-corrected chi connectivity index (χ2v) is 11.1. The van der Waals surface area contributed by atoms with Crippen molar-refractivity contribution in [3.63, 3.8) is 0 Å². The Hall–Kier alpha value is -2.72. The molecule has 0 aromatic heterocycles. The van der Waals surface area contributed by atoms with E-state index in [4.69, 9.17) is 4.74 Å². The number of carbonyl (C=O) groups is 2. The maximum Gasteiger partial charge on any atom is 0.417 e. The van der Waals surface area contributed by atoms with E-state index >= 15 is 0 Å². The van der Waals surface area contributed by atoms with Gasteiger partial charge in [0.15, 0.2) is 0 Å². The summed E-state index contributed by atoms with van der Waals surface area (Å²) in [5.74, 6) is -0.500. The van der Waals surface area contributed by atoms with E-state index in [0.29, 0.717) is 64.2 Å². The molecular formula is C28H32F3N3O3S. The van der Waals surface area contributed by atoms with Crippen LogP contribution in [0.2, 0.25) is 0 Å². The lowest BCUT2D eigenvalue weighted by Crippen LogP contribution is -2.36. The number of anilines is 1.